The second kappa shape index (κ2) is 7.09. The van der Waals surface area contributed by atoms with Crippen LogP contribution in [0.15, 0.2) is 18.2 Å². The summed E-state index contributed by atoms with van der Waals surface area (Å²) in [5, 5.41) is 0. The van der Waals surface area contributed by atoms with Crippen LogP contribution in [0.5, 0.6) is 5.75 Å². The molecule has 1 amide bonds. The van der Waals surface area contributed by atoms with Crippen LogP contribution in [0.1, 0.15) is 63.2 Å². The third-order valence-electron chi connectivity index (χ3n) is 4.91. The van der Waals surface area contributed by atoms with Crippen LogP contribution in [0.3, 0.4) is 0 Å². The summed E-state index contributed by atoms with van der Waals surface area (Å²) in [5.41, 5.74) is -0.148. The molecule has 1 heterocycles. The molecule has 140 valence electrons. The number of hydrogen-bond donors (Lipinski definition) is 0. The van der Waals surface area contributed by atoms with E-state index in [0.717, 1.165) is 25.7 Å². The second-order valence-electron chi connectivity index (χ2n) is 7.36. The number of carbonyl (C=O) groups is 3. The fourth-order valence-electron chi connectivity index (χ4n) is 3.46. The Labute approximate surface area is 153 Å². The number of ether oxygens (including phenoxy) is 2. The molecule has 0 bridgehead atoms. The Morgan fingerprint density at radius 3 is 2.62 bits per heavy atom. The van der Waals surface area contributed by atoms with E-state index in [9.17, 15) is 14.4 Å². The van der Waals surface area contributed by atoms with Gasteiger partial charge in [0, 0.05) is 12.0 Å². The van der Waals surface area contributed by atoms with Crippen molar-refractivity contribution in [2.45, 2.75) is 64.6 Å². The van der Waals surface area contributed by atoms with Crippen LogP contribution < -0.4 is 9.64 Å². The number of Topliss-reactive ketones (excluding diaryl/α,β-unsaturated/α-hetero) is 1. The molecule has 1 saturated carbocycles. The zero-order valence-corrected chi connectivity index (χ0v) is 15.5. The quantitative estimate of drug-likeness (QED) is 0.596. The van der Waals surface area contributed by atoms with Crippen LogP contribution in [0.4, 0.5) is 5.69 Å². The molecule has 1 aliphatic carbocycles. The minimum atomic E-state index is -1.09. The summed E-state index contributed by atoms with van der Waals surface area (Å²) in [6.07, 6.45) is 4.18. The Morgan fingerprint density at radius 1 is 1.27 bits per heavy atom. The second-order valence-corrected chi connectivity index (χ2v) is 7.36. The monoisotopic (exact) mass is 359 g/mol. The third kappa shape index (κ3) is 3.59. The molecule has 26 heavy (non-hydrogen) atoms. The lowest BCUT2D eigenvalue weighted by Crippen LogP contribution is -2.54. The summed E-state index contributed by atoms with van der Waals surface area (Å²) in [6, 6.07) is 4.99. The predicted octanol–water partition coefficient (Wildman–Crippen LogP) is 3.27. The van der Waals surface area contributed by atoms with Crippen LogP contribution in [-0.2, 0) is 14.3 Å². The molecule has 0 aromatic heterocycles. The zero-order valence-electron chi connectivity index (χ0n) is 15.5. The number of ketones is 1. The Hall–Kier alpha value is -2.37. The Balaban J connectivity index is 1.88. The number of rotatable bonds is 5. The normalized spacial score (nSPS) is 19.0. The first-order valence-corrected chi connectivity index (χ1v) is 9.19. The molecule has 6 heteroatoms. The molecule has 0 atom stereocenters. The number of esters is 1. The average Bonchev–Trinajstić information content (AvgIpc) is 3.10. The molecule has 1 fully saturated rings. The van der Waals surface area contributed by atoms with E-state index in [0.29, 0.717) is 23.4 Å². The summed E-state index contributed by atoms with van der Waals surface area (Å²) in [5.74, 6) is -0.301. The standard InChI is InChI=1S/C20H25NO5/c1-4-16(22)13-9-10-17-15(11-13)21(19(24)20(2,3)26-17)12-18(23)25-14-7-5-6-8-14/h9-11,14H,4-8,12H2,1-3H3. The van der Waals surface area contributed by atoms with Gasteiger partial charge in [-0.3, -0.25) is 19.3 Å². The van der Waals surface area contributed by atoms with E-state index in [-0.39, 0.29) is 24.3 Å². The van der Waals surface area contributed by atoms with Crippen molar-refractivity contribution in [2.24, 2.45) is 0 Å². The van der Waals surface area contributed by atoms with Gasteiger partial charge >= 0.3 is 5.97 Å². The van der Waals surface area contributed by atoms with Gasteiger partial charge < -0.3 is 9.47 Å². The van der Waals surface area contributed by atoms with Gasteiger partial charge in [-0.1, -0.05) is 6.92 Å². The maximum atomic E-state index is 12.8. The summed E-state index contributed by atoms with van der Waals surface area (Å²) in [7, 11) is 0. The molecule has 6 nitrogen and oxygen atoms in total. The molecule has 1 aromatic carbocycles. The number of anilines is 1. The van der Waals surface area contributed by atoms with Crippen LogP contribution in [0, 0.1) is 0 Å². The van der Waals surface area contributed by atoms with Gasteiger partial charge in [-0.25, -0.2) is 0 Å². The molecule has 0 N–H and O–H groups in total. The largest absolute Gasteiger partial charge is 0.476 e. The van der Waals surface area contributed by atoms with Crippen LogP contribution in [0.25, 0.3) is 0 Å². The summed E-state index contributed by atoms with van der Waals surface area (Å²) >= 11 is 0. The first-order chi connectivity index (χ1) is 12.3. The lowest BCUT2D eigenvalue weighted by molar-refractivity contribution is -0.148. The molecule has 0 radical (unpaired) electrons. The van der Waals surface area contributed by atoms with Crippen molar-refractivity contribution in [3.8, 4) is 5.75 Å². The van der Waals surface area contributed by atoms with Gasteiger partial charge in [-0.05, 0) is 57.7 Å². The highest BCUT2D eigenvalue weighted by molar-refractivity contribution is 6.06. The highest BCUT2D eigenvalue weighted by Crippen LogP contribution is 2.38. The van der Waals surface area contributed by atoms with E-state index >= 15 is 0 Å². The van der Waals surface area contributed by atoms with Gasteiger partial charge in [0.05, 0.1) is 5.69 Å². The molecule has 1 aromatic rings. The van der Waals surface area contributed by atoms with Gasteiger partial charge in [-0.2, -0.15) is 0 Å². The van der Waals surface area contributed by atoms with E-state index < -0.39 is 11.6 Å². The van der Waals surface area contributed by atoms with Gasteiger partial charge in [0.1, 0.15) is 18.4 Å². The Bertz CT molecular complexity index is 734. The van der Waals surface area contributed by atoms with Crippen LogP contribution >= 0.6 is 0 Å². The lowest BCUT2D eigenvalue weighted by atomic mass is 10.0. The molecule has 0 saturated heterocycles. The fourth-order valence-corrected chi connectivity index (χ4v) is 3.46. The van der Waals surface area contributed by atoms with E-state index in [2.05, 4.69) is 0 Å². The maximum Gasteiger partial charge on any atom is 0.326 e. The first kappa shape index (κ1) is 18.4. The maximum absolute atomic E-state index is 12.8. The van der Waals surface area contributed by atoms with Crippen molar-refractivity contribution in [3.05, 3.63) is 23.8 Å². The van der Waals surface area contributed by atoms with E-state index in [1.54, 1.807) is 39.0 Å². The number of nitrogens with zero attached hydrogens (tertiary/aromatic N) is 1. The molecule has 3 rings (SSSR count). The van der Waals surface area contributed by atoms with Gasteiger partial charge in [0.15, 0.2) is 11.4 Å². The third-order valence-corrected chi connectivity index (χ3v) is 4.91. The predicted molar refractivity (Wildman–Crippen MR) is 96.5 cm³/mol. The SMILES string of the molecule is CCC(=O)c1ccc2c(c1)N(CC(=O)OC1CCCC1)C(=O)C(C)(C)O2. The fraction of sp³-hybridized carbons (Fsp3) is 0.550. The topological polar surface area (TPSA) is 72.9 Å². The molecule has 1 aliphatic heterocycles. The Morgan fingerprint density at radius 2 is 1.96 bits per heavy atom. The molecule has 0 unspecified atom stereocenters. The number of benzene rings is 1. The van der Waals surface area contributed by atoms with Gasteiger partial charge in [-0.15, -0.1) is 0 Å². The van der Waals surface area contributed by atoms with Crippen molar-refractivity contribution < 1.29 is 23.9 Å². The minimum Gasteiger partial charge on any atom is -0.476 e. The first-order valence-electron chi connectivity index (χ1n) is 9.19. The van der Waals surface area contributed by atoms with Crippen molar-refractivity contribution in [2.75, 3.05) is 11.4 Å². The van der Waals surface area contributed by atoms with Crippen molar-refractivity contribution >= 4 is 23.3 Å². The number of amides is 1. The number of hydrogen-bond acceptors (Lipinski definition) is 5. The van der Waals surface area contributed by atoms with E-state index in [4.69, 9.17) is 9.47 Å². The molecular weight excluding hydrogens is 334 g/mol. The molecule has 2 aliphatic rings. The molecular formula is C20H25NO5. The summed E-state index contributed by atoms with van der Waals surface area (Å²) < 4.78 is 11.3. The highest BCUT2D eigenvalue weighted by atomic mass is 16.5. The van der Waals surface area contributed by atoms with E-state index in [1.807, 2.05) is 0 Å². The smallest absolute Gasteiger partial charge is 0.326 e. The Kier molecular flexibility index (Phi) is 5.03. The van der Waals surface area contributed by atoms with Crippen molar-refractivity contribution in [1.82, 2.24) is 0 Å². The van der Waals surface area contributed by atoms with Crippen LogP contribution in [-0.4, -0.2) is 35.9 Å². The summed E-state index contributed by atoms with van der Waals surface area (Å²) in [6.45, 7) is 4.93. The zero-order chi connectivity index (χ0) is 18.9. The van der Waals surface area contributed by atoms with Gasteiger partial charge in [0.2, 0.25) is 0 Å². The van der Waals surface area contributed by atoms with Crippen LogP contribution in [0.2, 0.25) is 0 Å². The highest BCUT2D eigenvalue weighted by Gasteiger charge is 2.42. The van der Waals surface area contributed by atoms with Crippen molar-refractivity contribution in [3.63, 3.8) is 0 Å². The average molecular weight is 359 g/mol. The molecule has 0 spiro atoms. The van der Waals surface area contributed by atoms with Crippen molar-refractivity contribution in [1.29, 1.82) is 0 Å². The minimum absolute atomic E-state index is 0.0291. The summed E-state index contributed by atoms with van der Waals surface area (Å²) in [4.78, 5) is 38.6. The lowest BCUT2D eigenvalue weighted by Gasteiger charge is -2.38. The number of carbonyl (C=O) groups excluding carboxylic acids is 3. The van der Waals surface area contributed by atoms with Gasteiger partial charge in [0.25, 0.3) is 5.91 Å². The van der Waals surface area contributed by atoms with E-state index in [1.165, 1.54) is 4.90 Å². The number of fused-ring (bicyclic) bond motifs is 1.